The molecular weight excluding hydrogens is 264 g/mol. The van der Waals surface area contributed by atoms with E-state index in [-0.39, 0.29) is 10.7 Å². The van der Waals surface area contributed by atoms with Crippen LogP contribution in [0.4, 0.5) is 5.69 Å². The molecule has 0 aliphatic carbocycles. The van der Waals surface area contributed by atoms with Crippen molar-refractivity contribution in [3.63, 3.8) is 0 Å². The van der Waals surface area contributed by atoms with E-state index in [1.165, 1.54) is 0 Å². The van der Waals surface area contributed by atoms with Crippen molar-refractivity contribution in [3.05, 3.63) is 40.8 Å². The maximum Gasteiger partial charge on any atom is 0.267 e. The van der Waals surface area contributed by atoms with Gasteiger partial charge >= 0.3 is 0 Å². The van der Waals surface area contributed by atoms with E-state index >= 15 is 0 Å². The molecule has 1 heterocycles. The summed E-state index contributed by atoms with van der Waals surface area (Å²) >= 11 is 0. The maximum atomic E-state index is 12.4. The zero-order chi connectivity index (χ0) is 14.2. The van der Waals surface area contributed by atoms with E-state index in [2.05, 4.69) is 9.88 Å². The van der Waals surface area contributed by atoms with Gasteiger partial charge in [0.25, 0.3) is 10.0 Å². The average molecular weight is 280 g/mol. The molecule has 0 unspecified atom stereocenters. The molecule has 19 heavy (non-hydrogen) atoms. The molecule has 0 radical (unpaired) electrons. The van der Waals surface area contributed by atoms with Gasteiger partial charge in [0, 0.05) is 0 Å². The standard InChI is InChI=1S/C13H16N2O3S/c1-8-6-5-7-9(2)12(8)15-19(16,17)13-10(3)14-18-11(13)4/h5-7,15H,1-4H3. The Morgan fingerprint density at radius 3 is 2.16 bits per heavy atom. The Hall–Kier alpha value is -1.82. The predicted molar refractivity (Wildman–Crippen MR) is 72.7 cm³/mol. The first kappa shape index (κ1) is 13.6. The Bertz CT molecular complexity index is 678. The molecule has 2 aromatic rings. The van der Waals surface area contributed by atoms with Crippen LogP contribution in [0.2, 0.25) is 0 Å². The fourth-order valence-electron chi connectivity index (χ4n) is 2.02. The minimum atomic E-state index is -3.68. The Balaban J connectivity index is 2.49. The van der Waals surface area contributed by atoms with Crippen molar-refractivity contribution in [1.82, 2.24) is 5.16 Å². The molecule has 1 N–H and O–H groups in total. The number of sulfonamides is 1. The number of aromatic nitrogens is 1. The molecule has 0 aliphatic heterocycles. The second-order valence-electron chi connectivity index (χ2n) is 4.53. The molecule has 0 atom stereocenters. The molecule has 0 amide bonds. The summed E-state index contributed by atoms with van der Waals surface area (Å²) < 4.78 is 32.3. The van der Waals surface area contributed by atoms with E-state index in [0.29, 0.717) is 11.4 Å². The molecule has 0 spiro atoms. The number of anilines is 1. The van der Waals surface area contributed by atoms with Crippen molar-refractivity contribution < 1.29 is 12.9 Å². The molecule has 0 aliphatic rings. The van der Waals surface area contributed by atoms with Crippen LogP contribution in [-0.2, 0) is 10.0 Å². The molecule has 102 valence electrons. The van der Waals surface area contributed by atoms with Gasteiger partial charge in [-0.05, 0) is 38.8 Å². The first-order valence-electron chi connectivity index (χ1n) is 5.85. The topological polar surface area (TPSA) is 72.2 Å². The number of hydrogen-bond donors (Lipinski definition) is 1. The summed E-state index contributed by atoms with van der Waals surface area (Å²) in [6, 6.07) is 5.61. The van der Waals surface area contributed by atoms with E-state index < -0.39 is 10.0 Å². The van der Waals surface area contributed by atoms with Crippen LogP contribution in [-0.4, -0.2) is 13.6 Å². The lowest BCUT2D eigenvalue weighted by atomic mass is 10.1. The van der Waals surface area contributed by atoms with E-state index in [4.69, 9.17) is 4.52 Å². The van der Waals surface area contributed by atoms with Gasteiger partial charge in [0.15, 0.2) is 10.7 Å². The predicted octanol–water partition coefficient (Wildman–Crippen LogP) is 2.71. The van der Waals surface area contributed by atoms with Crippen LogP contribution >= 0.6 is 0 Å². The minimum Gasteiger partial charge on any atom is -0.360 e. The van der Waals surface area contributed by atoms with Crippen molar-refractivity contribution >= 4 is 15.7 Å². The quantitative estimate of drug-likeness (QED) is 0.938. The molecule has 1 aromatic carbocycles. The van der Waals surface area contributed by atoms with Crippen LogP contribution < -0.4 is 4.72 Å². The molecular formula is C13H16N2O3S. The van der Waals surface area contributed by atoms with Crippen LogP contribution in [0.1, 0.15) is 22.6 Å². The average Bonchev–Trinajstić information content (AvgIpc) is 2.64. The largest absolute Gasteiger partial charge is 0.360 e. The summed E-state index contributed by atoms with van der Waals surface area (Å²) in [6.45, 7) is 6.91. The highest BCUT2D eigenvalue weighted by atomic mass is 32.2. The number of nitrogens with one attached hydrogen (secondary N) is 1. The third-order valence-electron chi connectivity index (χ3n) is 2.95. The van der Waals surface area contributed by atoms with Crippen LogP contribution in [0.15, 0.2) is 27.6 Å². The van der Waals surface area contributed by atoms with Crippen molar-refractivity contribution in [2.45, 2.75) is 32.6 Å². The summed E-state index contributed by atoms with van der Waals surface area (Å²) in [5.74, 6) is 0.288. The first-order chi connectivity index (χ1) is 8.83. The molecule has 0 saturated heterocycles. The monoisotopic (exact) mass is 280 g/mol. The van der Waals surface area contributed by atoms with Gasteiger partial charge in [-0.25, -0.2) is 8.42 Å². The van der Waals surface area contributed by atoms with Gasteiger partial charge in [-0.3, -0.25) is 4.72 Å². The van der Waals surface area contributed by atoms with Gasteiger partial charge in [0.2, 0.25) is 0 Å². The minimum absolute atomic E-state index is 0.107. The maximum absolute atomic E-state index is 12.4. The lowest BCUT2D eigenvalue weighted by Crippen LogP contribution is -2.16. The molecule has 1 aromatic heterocycles. The second-order valence-corrected chi connectivity index (χ2v) is 6.14. The highest BCUT2D eigenvalue weighted by Gasteiger charge is 2.25. The van der Waals surface area contributed by atoms with Gasteiger partial charge in [-0.1, -0.05) is 23.4 Å². The number of nitrogens with zero attached hydrogens (tertiary/aromatic N) is 1. The Kier molecular flexibility index (Phi) is 3.36. The lowest BCUT2D eigenvalue weighted by Gasteiger charge is -2.12. The third kappa shape index (κ3) is 2.49. The van der Waals surface area contributed by atoms with E-state index in [9.17, 15) is 8.42 Å². The van der Waals surface area contributed by atoms with E-state index in [0.717, 1.165) is 11.1 Å². The van der Waals surface area contributed by atoms with Gasteiger partial charge in [-0.2, -0.15) is 0 Å². The second kappa shape index (κ2) is 4.70. The fourth-order valence-corrected chi connectivity index (χ4v) is 3.55. The molecule has 0 fully saturated rings. The number of rotatable bonds is 3. The Morgan fingerprint density at radius 2 is 1.68 bits per heavy atom. The summed E-state index contributed by atoms with van der Waals surface area (Å²) in [4.78, 5) is 0.107. The Labute approximate surface area is 112 Å². The normalized spacial score (nSPS) is 11.6. The van der Waals surface area contributed by atoms with Gasteiger partial charge in [0.1, 0.15) is 5.69 Å². The summed E-state index contributed by atoms with van der Waals surface area (Å²) in [7, 11) is -3.68. The highest BCUT2D eigenvalue weighted by molar-refractivity contribution is 7.92. The molecule has 0 bridgehead atoms. The smallest absolute Gasteiger partial charge is 0.267 e. The van der Waals surface area contributed by atoms with Crippen LogP contribution in [0.5, 0.6) is 0 Å². The number of para-hydroxylation sites is 1. The number of benzene rings is 1. The van der Waals surface area contributed by atoms with Crippen molar-refractivity contribution in [2.24, 2.45) is 0 Å². The van der Waals surface area contributed by atoms with Crippen LogP contribution in [0, 0.1) is 27.7 Å². The molecule has 5 nitrogen and oxygen atoms in total. The zero-order valence-electron chi connectivity index (χ0n) is 11.3. The van der Waals surface area contributed by atoms with Crippen LogP contribution in [0.25, 0.3) is 0 Å². The van der Waals surface area contributed by atoms with Gasteiger partial charge in [-0.15, -0.1) is 0 Å². The zero-order valence-corrected chi connectivity index (χ0v) is 12.1. The SMILES string of the molecule is Cc1cccc(C)c1NS(=O)(=O)c1c(C)noc1C. The highest BCUT2D eigenvalue weighted by Crippen LogP contribution is 2.26. The van der Waals surface area contributed by atoms with Gasteiger partial charge < -0.3 is 4.52 Å². The molecule has 0 saturated carbocycles. The molecule has 2 rings (SSSR count). The van der Waals surface area contributed by atoms with Crippen molar-refractivity contribution in [1.29, 1.82) is 0 Å². The molecule has 6 heteroatoms. The number of aryl methyl sites for hydroxylation is 4. The number of hydrogen-bond acceptors (Lipinski definition) is 4. The van der Waals surface area contributed by atoms with Gasteiger partial charge in [0.05, 0.1) is 5.69 Å². The van der Waals surface area contributed by atoms with Crippen LogP contribution in [0.3, 0.4) is 0 Å². The van der Waals surface area contributed by atoms with E-state index in [1.807, 2.05) is 32.0 Å². The summed E-state index contributed by atoms with van der Waals surface area (Å²) in [5, 5.41) is 3.67. The fraction of sp³-hybridized carbons (Fsp3) is 0.308. The van der Waals surface area contributed by atoms with Crippen molar-refractivity contribution in [2.75, 3.05) is 4.72 Å². The van der Waals surface area contributed by atoms with Crippen molar-refractivity contribution in [3.8, 4) is 0 Å². The lowest BCUT2D eigenvalue weighted by molar-refractivity contribution is 0.390. The van der Waals surface area contributed by atoms with E-state index in [1.54, 1.807) is 13.8 Å². The summed E-state index contributed by atoms with van der Waals surface area (Å²) in [6.07, 6.45) is 0. The third-order valence-corrected chi connectivity index (χ3v) is 4.55. The summed E-state index contributed by atoms with van der Waals surface area (Å²) in [5.41, 5.74) is 2.70. The Morgan fingerprint density at radius 1 is 1.11 bits per heavy atom. The first-order valence-corrected chi connectivity index (χ1v) is 7.33.